The number of carbonyl (C=O) groups is 1. The number of thioether (sulfide) groups is 1. The molecule has 0 fully saturated rings. The lowest BCUT2D eigenvalue weighted by Crippen LogP contribution is -2.32. The average Bonchev–Trinajstić information content (AvgIpc) is 2.73. The van der Waals surface area contributed by atoms with Crippen molar-refractivity contribution in [1.29, 1.82) is 0 Å². The van der Waals surface area contributed by atoms with Gasteiger partial charge in [0.2, 0.25) is 5.91 Å². The van der Waals surface area contributed by atoms with Crippen LogP contribution in [-0.2, 0) is 11.2 Å². The summed E-state index contributed by atoms with van der Waals surface area (Å²) in [4.78, 5) is 13.1. The largest absolute Gasteiger partial charge is 0.355 e. The first kappa shape index (κ1) is 11.3. The molecular formula is C13H15NOS. The Labute approximate surface area is 100 Å². The highest BCUT2D eigenvalue weighted by molar-refractivity contribution is 8.01. The number of rotatable bonds is 4. The number of nitrogens with one attached hydrogen (secondary N) is 1. The lowest BCUT2D eigenvalue weighted by Gasteiger charge is -2.08. The van der Waals surface area contributed by atoms with Crippen molar-refractivity contribution in [2.24, 2.45) is 0 Å². The summed E-state index contributed by atoms with van der Waals surface area (Å²) in [5.41, 5.74) is 1.29. The Morgan fingerprint density at radius 3 is 3.12 bits per heavy atom. The van der Waals surface area contributed by atoms with E-state index in [1.807, 2.05) is 18.2 Å². The van der Waals surface area contributed by atoms with E-state index in [4.69, 9.17) is 0 Å². The molecule has 1 aliphatic heterocycles. The summed E-state index contributed by atoms with van der Waals surface area (Å²) in [5, 5.41) is 2.97. The van der Waals surface area contributed by atoms with Crippen molar-refractivity contribution in [2.45, 2.75) is 23.0 Å². The van der Waals surface area contributed by atoms with Crippen LogP contribution in [0.15, 0.2) is 41.8 Å². The fourth-order valence-corrected chi connectivity index (χ4v) is 2.96. The predicted molar refractivity (Wildman–Crippen MR) is 67.6 cm³/mol. The van der Waals surface area contributed by atoms with E-state index in [1.54, 1.807) is 11.8 Å². The average molecular weight is 233 g/mol. The van der Waals surface area contributed by atoms with Gasteiger partial charge in [0, 0.05) is 11.4 Å². The molecule has 16 heavy (non-hydrogen) atoms. The molecular weight excluding hydrogens is 218 g/mol. The van der Waals surface area contributed by atoms with Gasteiger partial charge in [0.15, 0.2) is 0 Å². The van der Waals surface area contributed by atoms with Gasteiger partial charge >= 0.3 is 0 Å². The van der Waals surface area contributed by atoms with Crippen molar-refractivity contribution in [2.75, 3.05) is 6.54 Å². The summed E-state index contributed by atoms with van der Waals surface area (Å²) in [5.74, 6) is 0.142. The van der Waals surface area contributed by atoms with Gasteiger partial charge in [0.1, 0.15) is 0 Å². The summed E-state index contributed by atoms with van der Waals surface area (Å²) in [7, 11) is 0. The normalized spacial score (nSPS) is 17.9. The Kier molecular flexibility index (Phi) is 3.67. The molecule has 0 radical (unpaired) electrons. The number of amides is 1. The first-order chi connectivity index (χ1) is 7.81. The number of carbonyl (C=O) groups excluding carboxylic acids is 1. The molecule has 3 heteroatoms. The zero-order valence-electron chi connectivity index (χ0n) is 9.11. The maximum atomic E-state index is 11.8. The minimum absolute atomic E-state index is 0.0437. The smallest absolute Gasteiger partial charge is 0.233 e. The quantitative estimate of drug-likeness (QED) is 0.639. The van der Waals surface area contributed by atoms with E-state index in [0.29, 0.717) is 6.54 Å². The van der Waals surface area contributed by atoms with Crippen LogP contribution in [0.25, 0.3) is 0 Å². The Morgan fingerprint density at radius 1 is 1.56 bits per heavy atom. The lowest BCUT2D eigenvalue weighted by molar-refractivity contribution is -0.120. The molecule has 1 aliphatic rings. The molecule has 1 unspecified atom stereocenters. The summed E-state index contributed by atoms with van der Waals surface area (Å²) in [6.07, 6.45) is 3.49. The topological polar surface area (TPSA) is 29.1 Å². The molecule has 84 valence electrons. The predicted octanol–water partition coefficient (Wildman–Crippen LogP) is 2.40. The van der Waals surface area contributed by atoms with Gasteiger partial charge in [-0.1, -0.05) is 24.3 Å². The summed E-state index contributed by atoms with van der Waals surface area (Å²) < 4.78 is 0. The monoisotopic (exact) mass is 233 g/mol. The molecule has 1 aromatic carbocycles. The van der Waals surface area contributed by atoms with Gasteiger partial charge in [0.25, 0.3) is 0 Å². The van der Waals surface area contributed by atoms with Crippen LogP contribution >= 0.6 is 11.8 Å². The third-order valence-electron chi connectivity index (χ3n) is 2.59. The minimum Gasteiger partial charge on any atom is -0.355 e. The van der Waals surface area contributed by atoms with Crippen molar-refractivity contribution in [3.63, 3.8) is 0 Å². The minimum atomic E-state index is 0.0437. The van der Waals surface area contributed by atoms with Crippen LogP contribution in [-0.4, -0.2) is 17.7 Å². The van der Waals surface area contributed by atoms with Crippen LogP contribution in [0.4, 0.5) is 0 Å². The Bertz CT molecular complexity index is 378. The van der Waals surface area contributed by atoms with E-state index < -0.39 is 0 Å². The van der Waals surface area contributed by atoms with Crippen LogP contribution < -0.4 is 5.32 Å². The second-order valence-electron chi connectivity index (χ2n) is 3.79. The molecule has 1 aromatic rings. The lowest BCUT2D eigenvalue weighted by atomic mass is 10.1. The standard InChI is InChI=1S/C13H15NOS/c1-2-3-8-14-13(15)12-9-10-6-4-5-7-11(10)16-12/h2,4-7,12H,1,3,8-9H2,(H,14,15). The van der Waals surface area contributed by atoms with Gasteiger partial charge in [-0.2, -0.15) is 0 Å². The molecule has 0 spiro atoms. The van der Waals surface area contributed by atoms with Crippen LogP contribution in [0.3, 0.4) is 0 Å². The van der Waals surface area contributed by atoms with Crippen LogP contribution in [0.1, 0.15) is 12.0 Å². The van der Waals surface area contributed by atoms with Crippen LogP contribution in [0.5, 0.6) is 0 Å². The second kappa shape index (κ2) is 5.21. The van der Waals surface area contributed by atoms with Gasteiger partial charge < -0.3 is 5.32 Å². The third kappa shape index (κ3) is 2.47. The molecule has 0 bridgehead atoms. The van der Waals surface area contributed by atoms with Gasteiger partial charge in [-0.25, -0.2) is 0 Å². The fourth-order valence-electron chi connectivity index (χ4n) is 1.74. The Hall–Kier alpha value is -1.22. The SMILES string of the molecule is C=CCCNC(=O)C1Cc2ccccc2S1. The third-order valence-corrected chi connectivity index (χ3v) is 3.90. The summed E-state index contributed by atoms with van der Waals surface area (Å²) in [6, 6.07) is 8.22. The highest BCUT2D eigenvalue weighted by atomic mass is 32.2. The highest BCUT2D eigenvalue weighted by Crippen LogP contribution is 2.36. The second-order valence-corrected chi connectivity index (χ2v) is 5.03. The molecule has 1 amide bonds. The first-order valence-electron chi connectivity index (χ1n) is 5.44. The Balaban J connectivity index is 1.90. The van der Waals surface area contributed by atoms with Gasteiger partial charge in [0.05, 0.1) is 5.25 Å². The maximum Gasteiger partial charge on any atom is 0.233 e. The Morgan fingerprint density at radius 2 is 2.38 bits per heavy atom. The molecule has 1 atom stereocenters. The van der Waals surface area contributed by atoms with Gasteiger partial charge in [-0.05, 0) is 24.5 Å². The molecule has 2 nitrogen and oxygen atoms in total. The van der Waals surface area contributed by atoms with E-state index >= 15 is 0 Å². The molecule has 0 saturated carbocycles. The number of fused-ring (bicyclic) bond motifs is 1. The highest BCUT2D eigenvalue weighted by Gasteiger charge is 2.27. The van der Waals surface area contributed by atoms with Crippen molar-refractivity contribution in [1.82, 2.24) is 5.32 Å². The maximum absolute atomic E-state index is 11.8. The van der Waals surface area contributed by atoms with E-state index in [9.17, 15) is 4.79 Å². The van der Waals surface area contributed by atoms with E-state index in [1.165, 1.54) is 10.5 Å². The van der Waals surface area contributed by atoms with Crippen LogP contribution in [0, 0.1) is 0 Å². The van der Waals surface area contributed by atoms with E-state index in [2.05, 4.69) is 24.0 Å². The first-order valence-corrected chi connectivity index (χ1v) is 6.32. The molecule has 0 aliphatic carbocycles. The molecule has 1 heterocycles. The molecule has 0 saturated heterocycles. The van der Waals surface area contributed by atoms with Crippen molar-refractivity contribution < 1.29 is 4.79 Å². The van der Waals surface area contributed by atoms with Crippen molar-refractivity contribution >= 4 is 17.7 Å². The molecule has 2 rings (SSSR count). The number of hydrogen-bond donors (Lipinski definition) is 1. The zero-order chi connectivity index (χ0) is 11.4. The summed E-state index contributed by atoms with van der Waals surface area (Å²) in [6.45, 7) is 4.32. The molecule has 0 aromatic heterocycles. The molecule has 1 N–H and O–H groups in total. The summed E-state index contributed by atoms with van der Waals surface area (Å²) >= 11 is 1.66. The van der Waals surface area contributed by atoms with E-state index in [-0.39, 0.29) is 11.2 Å². The number of hydrogen-bond acceptors (Lipinski definition) is 2. The number of benzene rings is 1. The van der Waals surface area contributed by atoms with Crippen LogP contribution in [0.2, 0.25) is 0 Å². The van der Waals surface area contributed by atoms with E-state index in [0.717, 1.165) is 12.8 Å². The zero-order valence-corrected chi connectivity index (χ0v) is 9.93. The van der Waals surface area contributed by atoms with Gasteiger partial charge in [-0.3, -0.25) is 4.79 Å². The van der Waals surface area contributed by atoms with Crippen molar-refractivity contribution in [3.8, 4) is 0 Å². The fraction of sp³-hybridized carbons (Fsp3) is 0.308. The van der Waals surface area contributed by atoms with Gasteiger partial charge in [-0.15, -0.1) is 18.3 Å². The van der Waals surface area contributed by atoms with Crippen molar-refractivity contribution in [3.05, 3.63) is 42.5 Å².